The predicted molar refractivity (Wildman–Crippen MR) is 110 cm³/mol. The molecule has 0 spiro atoms. The molecule has 29 heavy (non-hydrogen) atoms. The molecule has 152 valence electrons. The van der Waals surface area contributed by atoms with Crippen molar-refractivity contribution in [3.8, 4) is 5.75 Å². The number of amides is 1. The van der Waals surface area contributed by atoms with E-state index in [9.17, 15) is 4.79 Å². The molecule has 0 unspecified atom stereocenters. The van der Waals surface area contributed by atoms with E-state index >= 15 is 0 Å². The molecule has 0 aliphatic carbocycles. The molecule has 2 aromatic heterocycles. The number of carbonyl (C=O) groups excluding carboxylic acids is 1. The van der Waals surface area contributed by atoms with Gasteiger partial charge in [0.05, 0.1) is 7.11 Å². The van der Waals surface area contributed by atoms with Crippen LogP contribution in [-0.4, -0.2) is 45.7 Å². The highest BCUT2D eigenvalue weighted by atomic mass is 16.5. The molecule has 1 fully saturated rings. The average Bonchev–Trinajstić information content (AvgIpc) is 3.26. The van der Waals surface area contributed by atoms with Crippen LogP contribution in [0.15, 0.2) is 36.7 Å². The normalized spacial score (nSPS) is 14.9. The molecule has 8 nitrogen and oxygen atoms in total. The van der Waals surface area contributed by atoms with Crippen molar-refractivity contribution in [2.45, 2.75) is 32.7 Å². The summed E-state index contributed by atoms with van der Waals surface area (Å²) in [7, 11) is 1.64. The molecule has 1 saturated heterocycles. The molecule has 1 aliphatic heterocycles. The van der Waals surface area contributed by atoms with Crippen molar-refractivity contribution in [3.05, 3.63) is 47.9 Å². The highest BCUT2D eigenvalue weighted by molar-refractivity contribution is 5.79. The standard InChI is InChI=1S/C21H26N6O2/c1-3-17-12-19(27-21(25-17)23-14-24-27)26-10-8-16(9-11-26)20(28)22-13-15-4-6-18(29-2)7-5-15/h4-7,12,14,16H,3,8-11,13H2,1-2H3,(H,22,28). The maximum Gasteiger partial charge on any atom is 0.254 e. The van der Waals surface area contributed by atoms with Gasteiger partial charge in [0, 0.05) is 37.3 Å². The number of rotatable bonds is 6. The first-order chi connectivity index (χ1) is 14.2. The van der Waals surface area contributed by atoms with Gasteiger partial charge in [0.2, 0.25) is 5.91 Å². The van der Waals surface area contributed by atoms with Crippen LogP contribution in [0.25, 0.3) is 5.78 Å². The van der Waals surface area contributed by atoms with E-state index in [2.05, 4.69) is 38.3 Å². The molecule has 3 heterocycles. The van der Waals surface area contributed by atoms with E-state index in [4.69, 9.17) is 4.74 Å². The number of aromatic nitrogens is 4. The number of aryl methyl sites for hydroxylation is 1. The molecule has 3 aromatic rings. The molecule has 1 aromatic carbocycles. The Labute approximate surface area is 169 Å². The highest BCUT2D eigenvalue weighted by Gasteiger charge is 2.26. The Balaban J connectivity index is 1.35. The van der Waals surface area contributed by atoms with Gasteiger partial charge in [0.1, 0.15) is 17.9 Å². The van der Waals surface area contributed by atoms with Crippen LogP contribution < -0.4 is 15.0 Å². The van der Waals surface area contributed by atoms with E-state index in [1.54, 1.807) is 11.6 Å². The van der Waals surface area contributed by atoms with E-state index in [-0.39, 0.29) is 11.8 Å². The van der Waals surface area contributed by atoms with Gasteiger partial charge in [-0.3, -0.25) is 4.79 Å². The zero-order valence-electron chi connectivity index (χ0n) is 16.8. The van der Waals surface area contributed by atoms with Crippen LogP contribution in [0.5, 0.6) is 5.75 Å². The summed E-state index contributed by atoms with van der Waals surface area (Å²) in [5.74, 6) is 2.59. The molecule has 4 rings (SSSR count). The molecular weight excluding hydrogens is 368 g/mol. The molecule has 0 radical (unpaired) electrons. The van der Waals surface area contributed by atoms with Crippen molar-refractivity contribution in [3.63, 3.8) is 0 Å². The second-order valence-electron chi connectivity index (χ2n) is 7.26. The first-order valence-electron chi connectivity index (χ1n) is 10.0. The second kappa shape index (κ2) is 8.46. The summed E-state index contributed by atoms with van der Waals surface area (Å²) in [6.45, 7) is 4.23. The van der Waals surface area contributed by atoms with E-state index < -0.39 is 0 Å². The van der Waals surface area contributed by atoms with E-state index in [1.807, 2.05) is 24.3 Å². The summed E-state index contributed by atoms with van der Waals surface area (Å²) < 4.78 is 6.95. The number of benzene rings is 1. The summed E-state index contributed by atoms with van der Waals surface area (Å²) in [6, 6.07) is 9.83. The van der Waals surface area contributed by atoms with Crippen molar-refractivity contribution in [1.82, 2.24) is 24.9 Å². The molecule has 1 amide bonds. The number of fused-ring (bicyclic) bond motifs is 1. The number of anilines is 1. The molecule has 1 aliphatic rings. The first kappa shape index (κ1) is 19.2. The first-order valence-corrected chi connectivity index (χ1v) is 10.0. The third-order valence-electron chi connectivity index (χ3n) is 5.46. The minimum Gasteiger partial charge on any atom is -0.497 e. The molecule has 1 N–H and O–H groups in total. The van der Waals surface area contributed by atoms with Crippen molar-refractivity contribution >= 4 is 17.5 Å². The number of ether oxygens (including phenoxy) is 1. The van der Waals surface area contributed by atoms with Crippen LogP contribution in [0.3, 0.4) is 0 Å². The smallest absolute Gasteiger partial charge is 0.254 e. The summed E-state index contributed by atoms with van der Waals surface area (Å²) in [5, 5.41) is 7.38. The monoisotopic (exact) mass is 394 g/mol. The minimum absolute atomic E-state index is 0.0308. The third-order valence-corrected chi connectivity index (χ3v) is 5.46. The largest absolute Gasteiger partial charge is 0.497 e. The van der Waals surface area contributed by atoms with Gasteiger partial charge >= 0.3 is 0 Å². The Morgan fingerprint density at radius 2 is 2.00 bits per heavy atom. The second-order valence-corrected chi connectivity index (χ2v) is 7.26. The number of methoxy groups -OCH3 is 1. The number of hydrogen-bond donors (Lipinski definition) is 1. The molecule has 0 atom stereocenters. The zero-order valence-corrected chi connectivity index (χ0v) is 16.8. The van der Waals surface area contributed by atoms with Gasteiger partial charge in [-0.05, 0) is 37.0 Å². The fourth-order valence-electron chi connectivity index (χ4n) is 3.70. The van der Waals surface area contributed by atoms with Crippen LogP contribution in [0.1, 0.15) is 31.0 Å². The van der Waals surface area contributed by atoms with Gasteiger partial charge in [0.15, 0.2) is 0 Å². The molecule has 8 heteroatoms. The third kappa shape index (κ3) is 4.16. The number of nitrogens with zero attached hydrogens (tertiary/aromatic N) is 5. The Kier molecular flexibility index (Phi) is 5.59. The Bertz CT molecular complexity index is 977. The summed E-state index contributed by atoms with van der Waals surface area (Å²) in [4.78, 5) is 23.6. The fourth-order valence-corrected chi connectivity index (χ4v) is 3.70. The van der Waals surface area contributed by atoms with Gasteiger partial charge in [-0.2, -0.15) is 14.6 Å². The average molecular weight is 394 g/mol. The number of piperidine rings is 1. The maximum atomic E-state index is 12.6. The predicted octanol–water partition coefficient (Wildman–Crippen LogP) is 2.23. The summed E-state index contributed by atoms with van der Waals surface area (Å²) in [6.07, 6.45) is 4.01. The summed E-state index contributed by atoms with van der Waals surface area (Å²) >= 11 is 0. The molecular formula is C21H26N6O2. The van der Waals surface area contributed by atoms with Gasteiger partial charge in [0.25, 0.3) is 5.78 Å². The van der Waals surface area contributed by atoms with Crippen molar-refractivity contribution in [2.75, 3.05) is 25.1 Å². The van der Waals surface area contributed by atoms with Crippen LogP contribution in [-0.2, 0) is 17.8 Å². The van der Waals surface area contributed by atoms with Gasteiger partial charge in [-0.25, -0.2) is 4.98 Å². The SMILES string of the molecule is CCc1cc(N2CCC(C(=O)NCc3ccc(OC)cc3)CC2)n2ncnc2n1. The Morgan fingerprint density at radius 3 is 2.69 bits per heavy atom. The number of hydrogen-bond acceptors (Lipinski definition) is 6. The zero-order chi connectivity index (χ0) is 20.2. The lowest BCUT2D eigenvalue weighted by molar-refractivity contribution is -0.125. The van der Waals surface area contributed by atoms with Crippen LogP contribution in [0, 0.1) is 5.92 Å². The molecule has 0 bridgehead atoms. The lowest BCUT2D eigenvalue weighted by Crippen LogP contribution is -2.41. The minimum atomic E-state index is 0.0308. The van der Waals surface area contributed by atoms with E-state index in [0.717, 1.165) is 55.2 Å². The van der Waals surface area contributed by atoms with Gasteiger partial charge in [-0.1, -0.05) is 19.1 Å². The fraction of sp³-hybridized carbons (Fsp3) is 0.429. The summed E-state index contributed by atoms with van der Waals surface area (Å²) in [5.41, 5.74) is 2.06. The lowest BCUT2D eigenvalue weighted by atomic mass is 9.95. The Morgan fingerprint density at radius 1 is 1.24 bits per heavy atom. The van der Waals surface area contributed by atoms with E-state index in [1.165, 1.54) is 6.33 Å². The molecule has 0 saturated carbocycles. The van der Waals surface area contributed by atoms with Gasteiger partial charge in [-0.15, -0.1) is 0 Å². The van der Waals surface area contributed by atoms with Crippen LogP contribution in [0.2, 0.25) is 0 Å². The van der Waals surface area contributed by atoms with Gasteiger partial charge < -0.3 is 15.0 Å². The van der Waals surface area contributed by atoms with E-state index in [0.29, 0.717) is 12.3 Å². The maximum absolute atomic E-state index is 12.6. The quantitative estimate of drug-likeness (QED) is 0.690. The topological polar surface area (TPSA) is 84.7 Å². The number of carbonyl (C=O) groups is 1. The lowest BCUT2D eigenvalue weighted by Gasteiger charge is -2.33. The Hall–Kier alpha value is -3.16. The van der Waals surface area contributed by atoms with Crippen molar-refractivity contribution in [1.29, 1.82) is 0 Å². The van der Waals surface area contributed by atoms with Crippen molar-refractivity contribution < 1.29 is 9.53 Å². The number of nitrogens with one attached hydrogen (secondary N) is 1. The van der Waals surface area contributed by atoms with Crippen LogP contribution >= 0.6 is 0 Å². The van der Waals surface area contributed by atoms with Crippen molar-refractivity contribution in [2.24, 2.45) is 5.92 Å². The van der Waals surface area contributed by atoms with Crippen LogP contribution in [0.4, 0.5) is 5.82 Å². The highest BCUT2D eigenvalue weighted by Crippen LogP contribution is 2.24.